The smallest absolute Gasteiger partial charge is 0.0829 e. The third-order valence-electron chi connectivity index (χ3n) is 4.61. The number of nitrogens with zero attached hydrogens (tertiary/aromatic N) is 2. The first-order valence-electron chi connectivity index (χ1n) is 8.49. The monoisotopic (exact) mass is 299 g/mol. The molecule has 0 aliphatic carbocycles. The minimum Gasteiger partial charge on any atom is -0.383 e. The molecule has 2 rings (SSSR count). The van der Waals surface area contributed by atoms with Crippen LogP contribution in [0.4, 0.5) is 0 Å². The van der Waals surface area contributed by atoms with Crippen LogP contribution in [0.3, 0.4) is 0 Å². The quantitative estimate of drug-likeness (QED) is 0.717. The van der Waals surface area contributed by atoms with Crippen LogP contribution >= 0.6 is 0 Å². The van der Waals surface area contributed by atoms with Gasteiger partial charge in [-0.25, -0.2) is 0 Å². The molecule has 1 N–H and O–H groups in total. The molecule has 0 spiro atoms. The van der Waals surface area contributed by atoms with E-state index in [0.29, 0.717) is 18.2 Å². The van der Waals surface area contributed by atoms with E-state index in [1.54, 1.807) is 7.11 Å². The van der Waals surface area contributed by atoms with Crippen LogP contribution in [0, 0.1) is 0 Å². The lowest BCUT2D eigenvalue weighted by atomic mass is 10.1. The summed E-state index contributed by atoms with van der Waals surface area (Å²) in [4.78, 5) is 5.04. The zero-order chi connectivity index (χ0) is 15.1. The Morgan fingerprint density at radius 2 is 2.24 bits per heavy atom. The fraction of sp³-hybridized carbons (Fsp3) is 1.00. The van der Waals surface area contributed by atoms with Gasteiger partial charge in [-0.1, -0.05) is 0 Å². The molecule has 0 aromatic rings. The number of ether oxygens (including phenoxy) is 2. The summed E-state index contributed by atoms with van der Waals surface area (Å²) in [5.41, 5.74) is 0. The van der Waals surface area contributed by atoms with E-state index in [2.05, 4.69) is 29.0 Å². The van der Waals surface area contributed by atoms with Crippen molar-refractivity contribution in [3.05, 3.63) is 0 Å². The van der Waals surface area contributed by atoms with E-state index in [-0.39, 0.29) is 0 Å². The number of hydrogen-bond acceptors (Lipinski definition) is 5. The second kappa shape index (κ2) is 9.06. The van der Waals surface area contributed by atoms with Crippen molar-refractivity contribution in [3.63, 3.8) is 0 Å². The van der Waals surface area contributed by atoms with Gasteiger partial charge in [0.25, 0.3) is 0 Å². The molecule has 0 amide bonds. The van der Waals surface area contributed by atoms with Crippen molar-refractivity contribution in [1.82, 2.24) is 15.1 Å². The van der Waals surface area contributed by atoms with Crippen LogP contribution in [-0.2, 0) is 9.47 Å². The molecule has 2 aliphatic rings. The van der Waals surface area contributed by atoms with E-state index < -0.39 is 0 Å². The molecular formula is C16H33N3O2. The summed E-state index contributed by atoms with van der Waals surface area (Å²) in [6.45, 7) is 12.6. The average molecular weight is 299 g/mol. The van der Waals surface area contributed by atoms with Crippen LogP contribution in [0.2, 0.25) is 0 Å². The van der Waals surface area contributed by atoms with Gasteiger partial charge >= 0.3 is 0 Å². The number of morpholine rings is 1. The lowest BCUT2D eigenvalue weighted by molar-refractivity contribution is -0.0544. The molecule has 2 saturated heterocycles. The molecule has 2 unspecified atom stereocenters. The standard InChI is InChI=1S/C16H33N3O2/c1-14(2)19-8-10-21-16(13-19)12-18(7-9-20-3)11-15-5-4-6-17-15/h14-17H,4-13H2,1-3H3. The first-order chi connectivity index (χ1) is 10.2. The Morgan fingerprint density at radius 1 is 1.38 bits per heavy atom. The zero-order valence-electron chi connectivity index (χ0n) is 14.0. The Kier molecular flexibility index (Phi) is 7.40. The predicted molar refractivity (Wildman–Crippen MR) is 85.8 cm³/mol. The molecule has 5 heteroatoms. The highest BCUT2D eigenvalue weighted by atomic mass is 16.5. The Bertz CT molecular complexity index is 283. The highest BCUT2D eigenvalue weighted by Gasteiger charge is 2.25. The van der Waals surface area contributed by atoms with Crippen LogP contribution in [0.5, 0.6) is 0 Å². The van der Waals surface area contributed by atoms with Gasteiger partial charge in [-0.3, -0.25) is 9.80 Å². The molecule has 2 fully saturated rings. The molecule has 0 aromatic heterocycles. The number of rotatable bonds is 8. The van der Waals surface area contributed by atoms with Gasteiger partial charge in [0.15, 0.2) is 0 Å². The summed E-state index contributed by atoms with van der Waals surface area (Å²) in [6, 6.07) is 1.26. The van der Waals surface area contributed by atoms with Gasteiger partial charge in [0.05, 0.1) is 19.3 Å². The van der Waals surface area contributed by atoms with Crippen LogP contribution < -0.4 is 5.32 Å². The summed E-state index contributed by atoms with van der Waals surface area (Å²) in [5.74, 6) is 0. The van der Waals surface area contributed by atoms with Crippen LogP contribution in [0.15, 0.2) is 0 Å². The highest BCUT2D eigenvalue weighted by molar-refractivity contribution is 4.81. The maximum absolute atomic E-state index is 5.99. The molecule has 2 heterocycles. The van der Waals surface area contributed by atoms with E-state index in [9.17, 15) is 0 Å². The molecule has 2 atom stereocenters. The summed E-state index contributed by atoms with van der Waals surface area (Å²) in [5, 5.41) is 3.59. The lowest BCUT2D eigenvalue weighted by Crippen LogP contribution is -2.51. The first-order valence-corrected chi connectivity index (χ1v) is 8.49. The van der Waals surface area contributed by atoms with Crippen LogP contribution in [0.25, 0.3) is 0 Å². The Hall–Kier alpha value is -0.200. The van der Waals surface area contributed by atoms with E-state index in [1.807, 2.05) is 0 Å². The SMILES string of the molecule is COCCN(CC1CCCN1)CC1CN(C(C)C)CCO1. The second-order valence-electron chi connectivity index (χ2n) is 6.63. The summed E-state index contributed by atoms with van der Waals surface area (Å²) < 4.78 is 11.3. The maximum atomic E-state index is 5.99. The van der Waals surface area contributed by atoms with Crippen molar-refractivity contribution < 1.29 is 9.47 Å². The van der Waals surface area contributed by atoms with Gasteiger partial charge in [-0.05, 0) is 33.2 Å². The van der Waals surface area contributed by atoms with Gasteiger partial charge in [0.1, 0.15) is 0 Å². The topological polar surface area (TPSA) is 37.0 Å². The number of methoxy groups -OCH3 is 1. The van der Waals surface area contributed by atoms with Crippen molar-refractivity contribution >= 4 is 0 Å². The van der Waals surface area contributed by atoms with Crippen molar-refractivity contribution in [2.24, 2.45) is 0 Å². The Balaban J connectivity index is 1.81. The van der Waals surface area contributed by atoms with Gasteiger partial charge in [-0.15, -0.1) is 0 Å². The van der Waals surface area contributed by atoms with Crippen LogP contribution in [0.1, 0.15) is 26.7 Å². The van der Waals surface area contributed by atoms with Crippen molar-refractivity contribution in [2.45, 2.75) is 44.9 Å². The second-order valence-corrected chi connectivity index (χ2v) is 6.63. The van der Waals surface area contributed by atoms with Crippen molar-refractivity contribution in [1.29, 1.82) is 0 Å². The molecule has 2 aliphatic heterocycles. The van der Waals surface area contributed by atoms with E-state index in [0.717, 1.165) is 45.9 Å². The van der Waals surface area contributed by atoms with Crippen LogP contribution in [-0.4, -0.2) is 87.6 Å². The summed E-state index contributed by atoms with van der Waals surface area (Å²) in [6.07, 6.45) is 2.94. The fourth-order valence-electron chi connectivity index (χ4n) is 3.31. The van der Waals surface area contributed by atoms with Gasteiger partial charge in [0, 0.05) is 51.9 Å². The summed E-state index contributed by atoms with van der Waals surface area (Å²) in [7, 11) is 1.78. The predicted octanol–water partition coefficient (Wildman–Crippen LogP) is 0.796. The van der Waals surface area contributed by atoms with Crippen molar-refractivity contribution in [3.8, 4) is 0 Å². The fourth-order valence-corrected chi connectivity index (χ4v) is 3.31. The molecule has 21 heavy (non-hydrogen) atoms. The molecule has 5 nitrogen and oxygen atoms in total. The molecular weight excluding hydrogens is 266 g/mol. The van der Waals surface area contributed by atoms with E-state index in [1.165, 1.54) is 19.4 Å². The normalized spacial score (nSPS) is 27.9. The lowest BCUT2D eigenvalue weighted by Gasteiger charge is -2.38. The third kappa shape index (κ3) is 5.83. The number of hydrogen-bond donors (Lipinski definition) is 1. The number of nitrogens with one attached hydrogen (secondary N) is 1. The van der Waals surface area contributed by atoms with Gasteiger partial charge in [0.2, 0.25) is 0 Å². The third-order valence-corrected chi connectivity index (χ3v) is 4.61. The minimum absolute atomic E-state index is 0.333. The molecule has 0 saturated carbocycles. The molecule has 0 aromatic carbocycles. The molecule has 0 radical (unpaired) electrons. The van der Waals surface area contributed by atoms with Gasteiger partial charge < -0.3 is 14.8 Å². The minimum atomic E-state index is 0.333. The molecule has 124 valence electrons. The largest absolute Gasteiger partial charge is 0.383 e. The highest BCUT2D eigenvalue weighted by Crippen LogP contribution is 2.12. The zero-order valence-corrected chi connectivity index (χ0v) is 14.0. The first kappa shape index (κ1) is 17.2. The Labute approximate surface area is 129 Å². The molecule has 0 bridgehead atoms. The van der Waals surface area contributed by atoms with Gasteiger partial charge in [-0.2, -0.15) is 0 Å². The summed E-state index contributed by atoms with van der Waals surface area (Å²) >= 11 is 0. The average Bonchev–Trinajstić information content (AvgIpc) is 2.98. The van der Waals surface area contributed by atoms with E-state index in [4.69, 9.17) is 9.47 Å². The Morgan fingerprint density at radius 3 is 2.90 bits per heavy atom. The van der Waals surface area contributed by atoms with E-state index >= 15 is 0 Å². The van der Waals surface area contributed by atoms with Crippen molar-refractivity contribution in [2.75, 3.05) is 59.6 Å². The maximum Gasteiger partial charge on any atom is 0.0829 e.